The third kappa shape index (κ3) is 2.08. The number of rotatable bonds is 2. The highest BCUT2D eigenvalue weighted by molar-refractivity contribution is 5.70. The molecule has 0 aromatic carbocycles. The van der Waals surface area contributed by atoms with Crippen molar-refractivity contribution < 1.29 is 0 Å². The molecule has 96 valence electrons. The van der Waals surface area contributed by atoms with Crippen molar-refractivity contribution in [2.75, 3.05) is 18.8 Å². The predicted octanol–water partition coefficient (Wildman–Crippen LogP) is -0.230. The van der Waals surface area contributed by atoms with Crippen molar-refractivity contribution in [2.45, 2.75) is 19.3 Å². The van der Waals surface area contributed by atoms with Gasteiger partial charge in [-0.05, 0) is 31.8 Å². The second-order valence-corrected chi connectivity index (χ2v) is 4.73. The molecule has 18 heavy (non-hydrogen) atoms. The van der Waals surface area contributed by atoms with E-state index >= 15 is 0 Å². The average molecular weight is 248 g/mol. The van der Waals surface area contributed by atoms with Gasteiger partial charge in [0, 0.05) is 6.42 Å². The fourth-order valence-electron chi connectivity index (χ4n) is 2.43. The van der Waals surface area contributed by atoms with Gasteiger partial charge in [0.15, 0.2) is 11.2 Å². The molecular weight excluding hydrogens is 232 g/mol. The van der Waals surface area contributed by atoms with E-state index in [1.165, 1.54) is 0 Å². The van der Waals surface area contributed by atoms with Gasteiger partial charge in [0.2, 0.25) is 5.95 Å². The first kappa shape index (κ1) is 11.2. The van der Waals surface area contributed by atoms with Gasteiger partial charge in [-0.1, -0.05) is 0 Å². The van der Waals surface area contributed by atoms with Gasteiger partial charge in [-0.15, -0.1) is 0 Å². The molecule has 3 rings (SSSR count). The zero-order valence-electron chi connectivity index (χ0n) is 9.99. The highest BCUT2D eigenvalue weighted by Crippen LogP contribution is 2.17. The summed E-state index contributed by atoms with van der Waals surface area (Å²) in [5, 5.41) is 3.33. The van der Waals surface area contributed by atoms with Crippen molar-refractivity contribution in [3.63, 3.8) is 0 Å². The zero-order chi connectivity index (χ0) is 12.5. The summed E-state index contributed by atoms with van der Waals surface area (Å²) in [4.78, 5) is 25.5. The van der Waals surface area contributed by atoms with Crippen LogP contribution in [0.1, 0.15) is 18.7 Å². The fraction of sp³-hybridized carbons (Fsp3) is 0.545. The van der Waals surface area contributed by atoms with Crippen molar-refractivity contribution in [1.82, 2.24) is 25.3 Å². The minimum Gasteiger partial charge on any atom is -0.369 e. The molecule has 0 aliphatic carbocycles. The Morgan fingerprint density at radius 3 is 2.78 bits per heavy atom. The van der Waals surface area contributed by atoms with E-state index in [9.17, 15) is 4.79 Å². The summed E-state index contributed by atoms with van der Waals surface area (Å²) in [5.74, 6) is 1.54. The van der Waals surface area contributed by atoms with Gasteiger partial charge in [0.1, 0.15) is 5.82 Å². The highest BCUT2D eigenvalue weighted by atomic mass is 16.1. The number of hydrogen-bond acceptors (Lipinski definition) is 5. The van der Waals surface area contributed by atoms with Gasteiger partial charge in [-0.25, -0.2) is 4.98 Å². The number of aromatic nitrogens is 4. The summed E-state index contributed by atoms with van der Waals surface area (Å²) in [6.45, 7) is 2.10. The van der Waals surface area contributed by atoms with Crippen molar-refractivity contribution in [2.24, 2.45) is 5.92 Å². The Bertz CT molecular complexity index is 610. The van der Waals surface area contributed by atoms with Crippen LogP contribution in [0.15, 0.2) is 4.79 Å². The van der Waals surface area contributed by atoms with Gasteiger partial charge in [-0.3, -0.25) is 9.78 Å². The second-order valence-electron chi connectivity index (χ2n) is 4.73. The number of piperidine rings is 1. The maximum Gasteiger partial charge on any atom is 0.278 e. The fourth-order valence-corrected chi connectivity index (χ4v) is 2.43. The number of hydrogen-bond donors (Lipinski definition) is 4. The van der Waals surface area contributed by atoms with E-state index in [0.29, 0.717) is 17.1 Å². The van der Waals surface area contributed by atoms with E-state index < -0.39 is 0 Å². The van der Waals surface area contributed by atoms with Crippen LogP contribution in [0.4, 0.5) is 5.95 Å². The third-order valence-corrected chi connectivity index (χ3v) is 3.37. The van der Waals surface area contributed by atoms with E-state index in [1.54, 1.807) is 0 Å². The Morgan fingerprint density at radius 2 is 2.00 bits per heavy atom. The molecule has 1 saturated heterocycles. The lowest BCUT2D eigenvalue weighted by molar-refractivity contribution is 0.368. The number of nitrogens with zero attached hydrogens (tertiary/aromatic N) is 2. The molecule has 1 fully saturated rings. The summed E-state index contributed by atoms with van der Waals surface area (Å²) < 4.78 is 0. The van der Waals surface area contributed by atoms with Gasteiger partial charge >= 0.3 is 0 Å². The van der Waals surface area contributed by atoms with E-state index in [0.717, 1.165) is 38.2 Å². The van der Waals surface area contributed by atoms with Gasteiger partial charge < -0.3 is 16.0 Å². The summed E-state index contributed by atoms with van der Waals surface area (Å²) in [6.07, 6.45) is 3.14. The largest absolute Gasteiger partial charge is 0.369 e. The summed E-state index contributed by atoms with van der Waals surface area (Å²) in [5.41, 5.74) is 6.04. The minimum atomic E-state index is -0.262. The topological polar surface area (TPSA) is 112 Å². The molecule has 0 bridgehead atoms. The van der Waals surface area contributed by atoms with Gasteiger partial charge in [0.05, 0.1) is 0 Å². The molecule has 7 nitrogen and oxygen atoms in total. The maximum atomic E-state index is 11.6. The first-order valence-electron chi connectivity index (χ1n) is 6.17. The SMILES string of the molecule is Nc1nc2nc(CC3CCNCC3)[nH]c2c(=O)[nH]1. The van der Waals surface area contributed by atoms with Crippen LogP contribution < -0.4 is 16.6 Å². The Morgan fingerprint density at radius 1 is 1.22 bits per heavy atom. The molecule has 1 aliphatic rings. The van der Waals surface area contributed by atoms with Crippen LogP contribution in [0.5, 0.6) is 0 Å². The molecule has 5 N–H and O–H groups in total. The van der Waals surface area contributed by atoms with Crippen LogP contribution in [-0.4, -0.2) is 33.0 Å². The van der Waals surface area contributed by atoms with Crippen molar-refractivity contribution >= 4 is 17.1 Å². The molecule has 0 radical (unpaired) electrons. The number of nitrogens with one attached hydrogen (secondary N) is 3. The average Bonchev–Trinajstić information content (AvgIpc) is 2.73. The Balaban J connectivity index is 1.88. The molecule has 0 spiro atoms. The smallest absolute Gasteiger partial charge is 0.278 e. The van der Waals surface area contributed by atoms with Crippen LogP contribution >= 0.6 is 0 Å². The highest BCUT2D eigenvalue weighted by Gasteiger charge is 2.16. The number of aromatic amines is 2. The molecule has 2 aromatic heterocycles. The summed E-state index contributed by atoms with van der Waals surface area (Å²) in [6, 6.07) is 0. The van der Waals surface area contributed by atoms with Crippen LogP contribution in [0, 0.1) is 5.92 Å². The summed E-state index contributed by atoms with van der Waals surface area (Å²) in [7, 11) is 0. The molecule has 2 aromatic rings. The normalized spacial score (nSPS) is 17.3. The lowest BCUT2D eigenvalue weighted by atomic mass is 9.94. The van der Waals surface area contributed by atoms with E-state index in [1.807, 2.05) is 0 Å². The zero-order valence-corrected chi connectivity index (χ0v) is 9.99. The van der Waals surface area contributed by atoms with Gasteiger partial charge in [-0.2, -0.15) is 4.98 Å². The monoisotopic (exact) mass is 248 g/mol. The standard InChI is InChI=1S/C11H16N6O/c12-11-16-9-8(10(18)17-11)14-7(15-9)5-6-1-3-13-4-2-6/h6,13H,1-5H2,(H4,12,14,15,16,17,18). The lowest BCUT2D eigenvalue weighted by Crippen LogP contribution is -2.28. The number of fused-ring (bicyclic) bond motifs is 1. The molecule has 0 saturated carbocycles. The van der Waals surface area contributed by atoms with Crippen LogP contribution in [-0.2, 0) is 6.42 Å². The van der Waals surface area contributed by atoms with E-state index in [4.69, 9.17) is 5.73 Å². The molecule has 1 aliphatic heterocycles. The first-order valence-corrected chi connectivity index (χ1v) is 6.17. The third-order valence-electron chi connectivity index (χ3n) is 3.37. The van der Waals surface area contributed by atoms with E-state index in [-0.39, 0.29) is 11.5 Å². The second kappa shape index (κ2) is 4.41. The molecule has 0 amide bonds. The Labute approximate surface area is 103 Å². The first-order chi connectivity index (χ1) is 8.72. The van der Waals surface area contributed by atoms with Crippen LogP contribution in [0.2, 0.25) is 0 Å². The van der Waals surface area contributed by atoms with Gasteiger partial charge in [0.25, 0.3) is 5.56 Å². The van der Waals surface area contributed by atoms with Crippen molar-refractivity contribution in [1.29, 1.82) is 0 Å². The van der Waals surface area contributed by atoms with Crippen LogP contribution in [0.3, 0.4) is 0 Å². The number of nitrogens with two attached hydrogens (primary N) is 1. The van der Waals surface area contributed by atoms with E-state index in [2.05, 4.69) is 25.3 Å². The molecule has 0 atom stereocenters. The number of nitrogen functional groups attached to an aromatic ring is 1. The maximum absolute atomic E-state index is 11.6. The molecule has 3 heterocycles. The number of imidazole rings is 1. The van der Waals surface area contributed by atoms with Crippen molar-refractivity contribution in [3.8, 4) is 0 Å². The molecular formula is C11H16N6O. The molecule has 7 heteroatoms. The lowest BCUT2D eigenvalue weighted by Gasteiger charge is -2.21. The van der Waals surface area contributed by atoms with Crippen LogP contribution in [0.25, 0.3) is 11.2 Å². The number of anilines is 1. The summed E-state index contributed by atoms with van der Waals surface area (Å²) >= 11 is 0. The number of H-pyrrole nitrogens is 2. The molecule has 0 unspecified atom stereocenters. The Hall–Kier alpha value is -1.89. The predicted molar refractivity (Wildman–Crippen MR) is 68.2 cm³/mol. The van der Waals surface area contributed by atoms with Crippen molar-refractivity contribution in [3.05, 3.63) is 16.2 Å². The quantitative estimate of drug-likeness (QED) is 0.586. The Kier molecular flexibility index (Phi) is 2.75. The minimum absolute atomic E-state index is 0.104.